The molecule has 0 aliphatic carbocycles. The number of aryl methyl sites for hydroxylation is 1. The van der Waals surface area contributed by atoms with Gasteiger partial charge in [0.05, 0.1) is 18.9 Å². The molecule has 1 unspecified atom stereocenters. The molecule has 2 heterocycles. The van der Waals surface area contributed by atoms with Gasteiger partial charge in [0.15, 0.2) is 0 Å². The summed E-state index contributed by atoms with van der Waals surface area (Å²) >= 11 is 0. The number of benzene rings is 1. The van der Waals surface area contributed by atoms with E-state index in [2.05, 4.69) is 10.3 Å². The van der Waals surface area contributed by atoms with E-state index in [9.17, 15) is 4.79 Å². The molecule has 0 spiro atoms. The summed E-state index contributed by atoms with van der Waals surface area (Å²) in [5.74, 6) is 1.16. The van der Waals surface area contributed by atoms with Gasteiger partial charge in [-0.15, -0.1) is 0 Å². The van der Waals surface area contributed by atoms with Crippen molar-refractivity contribution in [2.24, 2.45) is 7.05 Å². The molecule has 6 nitrogen and oxygen atoms in total. The fourth-order valence-corrected chi connectivity index (χ4v) is 2.45. The van der Waals surface area contributed by atoms with Gasteiger partial charge >= 0.3 is 0 Å². The SMILES string of the molecule is COc1ccccc1C(NC(=O)c1ccoc1)c1nccn1C. The molecule has 1 amide bonds. The number of imidazole rings is 1. The molecule has 0 aliphatic heterocycles. The fourth-order valence-electron chi connectivity index (χ4n) is 2.45. The van der Waals surface area contributed by atoms with E-state index >= 15 is 0 Å². The number of nitrogens with one attached hydrogen (secondary N) is 1. The Morgan fingerprint density at radius 2 is 2.17 bits per heavy atom. The molecule has 3 aromatic rings. The summed E-state index contributed by atoms with van der Waals surface area (Å²) in [6.45, 7) is 0. The Hall–Kier alpha value is -3.02. The van der Waals surface area contributed by atoms with Crippen LogP contribution in [0.4, 0.5) is 0 Å². The fraction of sp³-hybridized carbons (Fsp3) is 0.176. The zero-order chi connectivity index (χ0) is 16.2. The van der Waals surface area contributed by atoms with Crippen molar-refractivity contribution in [3.63, 3.8) is 0 Å². The molecule has 118 valence electrons. The number of para-hydroxylation sites is 1. The van der Waals surface area contributed by atoms with Gasteiger partial charge in [-0.25, -0.2) is 4.98 Å². The van der Waals surface area contributed by atoms with Crippen molar-refractivity contribution in [3.8, 4) is 5.75 Å². The molecule has 6 heteroatoms. The predicted molar refractivity (Wildman–Crippen MR) is 84.2 cm³/mol. The third-order valence-corrected chi connectivity index (χ3v) is 3.63. The maximum absolute atomic E-state index is 12.4. The molecule has 0 fully saturated rings. The van der Waals surface area contributed by atoms with Crippen LogP contribution in [0, 0.1) is 0 Å². The lowest BCUT2D eigenvalue weighted by atomic mass is 10.0. The zero-order valence-corrected chi connectivity index (χ0v) is 12.9. The highest BCUT2D eigenvalue weighted by Gasteiger charge is 2.24. The number of carbonyl (C=O) groups is 1. The lowest BCUT2D eigenvalue weighted by Gasteiger charge is -2.21. The third kappa shape index (κ3) is 2.96. The summed E-state index contributed by atoms with van der Waals surface area (Å²) in [5, 5.41) is 2.99. The number of carbonyl (C=O) groups excluding carboxylic acids is 1. The molecule has 0 radical (unpaired) electrons. The Balaban J connectivity index is 2.01. The van der Waals surface area contributed by atoms with Crippen molar-refractivity contribution in [3.05, 3.63) is 72.2 Å². The van der Waals surface area contributed by atoms with Gasteiger partial charge in [0, 0.05) is 25.0 Å². The van der Waals surface area contributed by atoms with Crippen LogP contribution >= 0.6 is 0 Å². The first-order chi connectivity index (χ1) is 11.2. The van der Waals surface area contributed by atoms with Crippen LogP contribution in [0.3, 0.4) is 0 Å². The summed E-state index contributed by atoms with van der Waals surface area (Å²) in [5.41, 5.74) is 1.29. The molecule has 3 rings (SSSR count). The number of ether oxygens (including phenoxy) is 1. The molecule has 1 aromatic carbocycles. The van der Waals surface area contributed by atoms with Crippen molar-refractivity contribution < 1.29 is 13.9 Å². The first kappa shape index (κ1) is 14.9. The Bertz CT molecular complexity index is 793. The van der Waals surface area contributed by atoms with Crippen molar-refractivity contribution in [2.45, 2.75) is 6.04 Å². The van der Waals surface area contributed by atoms with Crippen molar-refractivity contribution in [1.29, 1.82) is 0 Å². The van der Waals surface area contributed by atoms with E-state index in [1.54, 1.807) is 19.4 Å². The molecule has 23 heavy (non-hydrogen) atoms. The second-order valence-corrected chi connectivity index (χ2v) is 5.06. The summed E-state index contributed by atoms with van der Waals surface area (Å²) < 4.78 is 12.3. The molecule has 1 atom stereocenters. The standard InChI is InChI=1S/C17H17N3O3/c1-20-9-8-18-16(20)15(13-5-3-4-6-14(13)22-2)19-17(21)12-7-10-23-11-12/h3-11,15H,1-2H3,(H,19,21). The predicted octanol–water partition coefficient (Wildman–Crippen LogP) is 2.54. The topological polar surface area (TPSA) is 69.3 Å². The Labute approximate surface area is 133 Å². The summed E-state index contributed by atoms with van der Waals surface area (Å²) in [6.07, 6.45) is 6.41. The van der Waals surface area contributed by atoms with Gasteiger partial charge in [0.1, 0.15) is 23.9 Å². The minimum atomic E-state index is -0.437. The van der Waals surface area contributed by atoms with Gasteiger partial charge in [-0.2, -0.15) is 0 Å². The van der Waals surface area contributed by atoms with Crippen molar-refractivity contribution in [1.82, 2.24) is 14.9 Å². The second kappa shape index (κ2) is 6.39. The van der Waals surface area contributed by atoms with E-state index in [1.807, 2.05) is 42.1 Å². The van der Waals surface area contributed by atoms with E-state index in [1.165, 1.54) is 12.5 Å². The van der Waals surface area contributed by atoms with Gasteiger partial charge in [-0.1, -0.05) is 18.2 Å². The van der Waals surface area contributed by atoms with Gasteiger partial charge < -0.3 is 19.0 Å². The number of nitrogens with zero attached hydrogens (tertiary/aromatic N) is 2. The van der Waals surface area contributed by atoms with Crippen LogP contribution in [0.25, 0.3) is 0 Å². The summed E-state index contributed by atoms with van der Waals surface area (Å²) in [7, 11) is 3.49. The minimum absolute atomic E-state index is 0.238. The smallest absolute Gasteiger partial charge is 0.255 e. The number of furan rings is 1. The van der Waals surface area contributed by atoms with E-state index < -0.39 is 6.04 Å². The normalized spacial score (nSPS) is 11.9. The lowest BCUT2D eigenvalue weighted by molar-refractivity contribution is 0.0940. The quantitative estimate of drug-likeness (QED) is 0.786. The second-order valence-electron chi connectivity index (χ2n) is 5.06. The summed E-state index contributed by atoms with van der Waals surface area (Å²) in [4.78, 5) is 16.8. The first-order valence-electron chi connectivity index (χ1n) is 7.14. The minimum Gasteiger partial charge on any atom is -0.496 e. The van der Waals surface area contributed by atoms with Crippen LogP contribution in [-0.2, 0) is 7.05 Å². The van der Waals surface area contributed by atoms with Crippen LogP contribution in [0.5, 0.6) is 5.75 Å². The largest absolute Gasteiger partial charge is 0.496 e. The Morgan fingerprint density at radius 1 is 1.35 bits per heavy atom. The van der Waals surface area contributed by atoms with Crippen LogP contribution in [0.2, 0.25) is 0 Å². The molecule has 2 aromatic heterocycles. The lowest BCUT2D eigenvalue weighted by Crippen LogP contribution is -2.31. The van der Waals surface area contributed by atoms with Crippen LogP contribution < -0.4 is 10.1 Å². The van der Waals surface area contributed by atoms with E-state index in [0.29, 0.717) is 17.1 Å². The monoisotopic (exact) mass is 311 g/mol. The number of amides is 1. The highest BCUT2D eigenvalue weighted by atomic mass is 16.5. The maximum atomic E-state index is 12.4. The number of hydrogen-bond acceptors (Lipinski definition) is 4. The van der Waals surface area contributed by atoms with E-state index in [0.717, 1.165) is 5.56 Å². The van der Waals surface area contributed by atoms with Crippen LogP contribution in [0.15, 0.2) is 59.7 Å². The Kier molecular flexibility index (Phi) is 4.14. The number of hydrogen-bond donors (Lipinski definition) is 1. The van der Waals surface area contributed by atoms with Gasteiger partial charge in [0.2, 0.25) is 0 Å². The van der Waals surface area contributed by atoms with Crippen molar-refractivity contribution in [2.75, 3.05) is 7.11 Å². The summed E-state index contributed by atoms with van der Waals surface area (Å²) in [6, 6.07) is 8.73. The zero-order valence-electron chi connectivity index (χ0n) is 12.9. The van der Waals surface area contributed by atoms with Gasteiger partial charge in [0.25, 0.3) is 5.91 Å². The van der Waals surface area contributed by atoms with E-state index in [-0.39, 0.29) is 5.91 Å². The highest BCUT2D eigenvalue weighted by Crippen LogP contribution is 2.29. The molecule has 0 saturated heterocycles. The highest BCUT2D eigenvalue weighted by molar-refractivity contribution is 5.94. The number of aromatic nitrogens is 2. The molecule has 0 saturated carbocycles. The molecular weight excluding hydrogens is 294 g/mol. The average molecular weight is 311 g/mol. The number of methoxy groups -OCH3 is 1. The molecule has 0 aliphatic rings. The van der Waals surface area contributed by atoms with Gasteiger partial charge in [-0.3, -0.25) is 4.79 Å². The molecular formula is C17H17N3O3. The average Bonchev–Trinajstić information content (AvgIpc) is 3.24. The van der Waals surface area contributed by atoms with Gasteiger partial charge in [-0.05, 0) is 12.1 Å². The molecule has 1 N–H and O–H groups in total. The molecule has 0 bridgehead atoms. The third-order valence-electron chi connectivity index (χ3n) is 3.63. The van der Waals surface area contributed by atoms with Crippen LogP contribution in [-0.4, -0.2) is 22.6 Å². The number of rotatable bonds is 5. The van der Waals surface area contributed by atoms with Crippen molar-refractivity contribution >= 4 is 5.91 Å². The first-order valence-corrected chi connectivity index (χ1v) is 7.14. The van der Waals surface area contributed by atoms with E-state index in [4.69, 9.17) is 9.15 Å². The van der Waals surface area contributed by atoms with Crippen LogP contribution in [0.1, 0.15) is 27.8 Å². The Morgan fingerprint density at radius 3 is 2.83 bits per heavy atom. The maximum Gasteiger partial charge on any atom is 0.255 e.